The molecule has 0 atom stereocenters. The number of hydrogen-bond donors (Lipinski definition) is 0. The van der Waals surface area contributed by atoms with Gasteiger partial charge in [-0.05, 0) is 25.0 Å². The Bertz CT molecular complexity index is 657. The molecule has 0 N–H and O–H groups in total. The fourth-order valence-electron chi connectivity index (χ4n) is 2.55. The monoisotopic (exact) mass is 325 g/mol. The quantitative estimate of drug-likeness (QED) is 0.835. The van der Waals surface area contributed by atoms with Crippen LogP contribution < -0.4 is 0 Å². The summed E-state index contributed by atoms with van der Waals surface area (Å²) in [6.45, 7) is 0.344. The molecule has 21 heavy (non-hydrogen) atoms. The predicted molar refractivity (Wildman–Crippen MR) is 78.5 cm³/mol. The zero-order valence-corrected chi connectivity index (χ0v) is 12.7. The van der Waals surface area contributed by atoms with Crippen LogP contribution in [0, 0.1) is 0 Å². The van der Waals surface area contributed by atoms with Gasteiger partial charge in [-0.2, -0.15) is 0 Å². The van der Waals surface area contributed by atoms with E-state index in [0.717, 1.165) is 24.2 Å². The van der Waals surface area contributed by atoms with Gasteiger partial charge in [0.15, 0.2) is 13.1 Å². The number of ether oxygens (including phenoxy) is 2. The van der Waals surface area contributed by atoms with E-state index in [0.29, 0.717) is 40.4 Å². The molecular weight excluding hydrogens is 313 g/mol. The highest BCUT2D eigenvalue weighted by Crippen LogP contribution is 2.46. The standard InChI is InChI=1S/C15H13Cl2NO3/c16-10-2-1-3-11(17)13(10)14-9(6-12-19-7-20-12)15(21-18-14)8-4-5-8/h1-3,8,12H,4-7H2. The minimum atomic E-state index is -0.234. The highest BCUT2D eigenvalue weighted by Gasteiger charge is 2.35. The summed E-state index contributed by atoms with van der Waals surface area (Å²) in [5, 5.41) is 5.36. The first-order valence-electron chi connectivity index (χ1n) is 6.90. The van der Waals surface area contributed by atoms with Gasteiger partial charge in [-0.3, -0.25) is 0 Å². The maximum Gasteiger partial charge on any atom is 0.167 e. The van der Waals surface area contributed by atoms with Gasteiger partial charge >= 0.3 is 0 Å². The Morgan fingerprint density at radius 1 is 1.14 bits per heavy atom. The van der Waals surface area contributed by atoms with Gasteiger partial charge in [-0.15, -0.1) is 0 Å². The molecule has 1 aliphatic carbocycles. The number of hydrogen-bond acceptors (Lipinski definition) is 4. The molecule has 1 aliphatic heterocycles. The second-order valence-corrected chi connectivity index (χ2v) is 6.14. The molecule has 2 heterocycles. The van der Waals surface area contributed by atoms with Crippen molar-refractivity contribution in [1.82, 2.24) is 5.16 Å². The number of halogens is 2. The van der Waals surface area contributed by atoms with Crippen LogP contribution in [0.4, 0.5) is 0 Å². The SMILES string of the molecule is Clc1cccc(Cl)c1-c1noc(C2CC2)c1CC1OCO1. The van der Waals surface area contributed by atoms with Crippen LogP contribution in [0.2, 0.25) is 10.0 Å². The molecule has 1 saturated carbocycles. The maximum atomic E-state index is 6.30. The van der Waals surface area contributed by atoms with E-state index < -0.39 is 0 Å². The van der Waals surface area contributed by atoms with Gasteiger partial charge in [0.1, 0.15) is 11.5 Å². The van der Waals surface area contributed by atoms with Crippen LogP contribution in [0.1, 0.15) is 30.1 Å². The van der Waals surface area contributed by atoms with Crippen LogP contribution in [0.3, 0.4) is 0 Å². The Balaban J connectivity index is 1.80. The van der Waals surface area contributed by atoms with Crippen LogP contribution in [-0.2, 0) is 15.9 Å². The average Bonchev–Trinajstić information content (AvgIpc) is 3.16. The maximum absolute atomic E-state index is 6.30. The fourth-order valence-corrected chi connectivity index (χ4v) is 3.13. The van der Waals surface area contributed by atoms with E-state index in [1.54, 1.807) is 12.1 Å². The lowest BCUT2D eigenvalue weighted by Crippen LogP contribution is -2.32. The number of aromatic nitrogens is 1. The summed E-state index contributed by atoms with van der Waals surface area (Å²) >= 11 is 12.6. The van der Waals surface area contributed by atoms with Gasteiger partial charge < -0.3 is 14.0 Å². The molecule has 4 nitrogen and oxygen atoms in total. The van der Waals surface area contributed by atoms with Crippen LogP contribution in [0.15, 0.2) is 22.7 Å². The van der Waals surface area contributed by atoms with Gasteiger partial charge in [0.2, 0.25) is 0 Å². The molecule has 6 heteroatoms. The normalized spacial score (nSPS) is 18.8. The summed E-state index contributed by atoms with van der Waals surface area (Å²) < 4.78 is 16.3. The van der Waals surface area contributed by atoms with Crippen molar-refractivity contribution in [3.8, 4) is 11.3 Å². The highest BCUT2D eigenvalue weighted by molar-refractivity contribution is 6.39. The van der Waals surface area contributed by atoms with Crippen molar-refractivity contribution >= 4 is 23.2 Å². The largest absolute Gasteiger partial charge is 0.360 e. The van der Waals surface area contributed by atoms with E-state index in [9.17, 15) is 0 Å². The number of benzene rings is 1. The van der Waals surface area contributed by atoms with Crippen molar-refractivity contribution < 1.29 is 14.0 Å². The lowest BCUT2D eigenvalue weighted by molar-refractivity contribution is -0.318. The predicted octanol–water partition coefficient (Wildman–Crippen LogP) is 4.40. The summed E-state index contributed by atoms with van der Waals surface area (Å²) in [7, 11) is 0. The molecule has 0 unspecified atom stereocenters. The van der Waals surface area contributed by atoms with Gasteiger partial charge in [0, 0.05) is 23.5 Å². The second-order valence-electron chi connectivity index (χ2n) is 5.33. The third kappa shape index (κ3) is 2.46. The molecular formula is C15H13Cl2NO3. The molecule has 1 aromatic carbocycles. The Hall–Kier alpha value is -1.07. The van der Waals surface area contributed by atoms with E-state index in [1.165, 1.54) is 0 Å². The Morgan fingerprint density at radius 3 is 2.43 bits per heavy atom. The van der Waals surface area contributed by atoms with Gasteiger partial charge in [0.05, 0.1) is 10.0 Å². The van der Waals surface area contributed by atoms with Crippen molar-refractivity contribution in [2.24, 2.45) is 0 Å². The first-order chi connectivity index (χ1) is 10.2. The summed E-state index contributed by atoms with van der Waals surface area (Å²) in [6, 6.07) is 5.41. The molecule has 110 valence electrons. The summed E-state index contributed by atoms with van der Waals surface area (Å²) in [6.07, 6.45) is 2.63. The van der Waals surface area contributed by atoms with Crippen molar-refractivity contribution in [3.63, 3.8) is 0 Å². The third-order valence-electron chi connectivity index (χ3n) is 3.84. The molecule has 0 radical (unpaired) electrons. The first kappa shape index (κ1) is 13.6. The molecule has 2 fully saturated rings. The topological polar surface area (TPSA) is 44.5 Å². The van der Waals surface area contributed by atoms with Gasteiger partial charge in [0.25, 0.3) is 0 Å². The molecule has 1 saturated heterocycles. The first-order valence-corrected chi connectivity index (χ1v) is 7.65. The third-order valence-corrected chi connectivity index (χ3v) is 4.47. The van der Waals surface area contributed by atoms with Gasteiger partial charge in [-0.1, -0.05) is 34.4 Å². The van der Waals surface area contributed by atoms with E-state index in [4.69, 9.17) is 37.2 Å². The van der Waals surface area contributed by atoms with Crippen molar-refractivity contribution in [1.29, 1.82) is 0 Å². The summed E-state index contributed by atoms with van der Waals surface area (Å²) in [5.74, 6) is 1.36. The zero-order valence-electron chi connectivity index (χ0n) is 11.1. The molecule has 2 aliphatic rings. The van der Waals surface area contributed by atoms with Crippen molar-refractivity contribution in [2.75, 3.05) is 6.79 Å². The molecule has 0 bridgehead atoms. The van der Waals surface area contributed by atoms with E-state index in [2.05, 4.69) is 5.16 Å². The highest BCUT2D eigenvalue weighted by atomic mass is 35.5. The molecule has 0 amide bonds. The molecule has 0 spiro atoms. The molecule has 1 aromatic heterocycles. The summed E-state index contributed by atoms with van der Waals surface area (Å²) in [5.41, 5.74) is 2.41. The van der Waals surface area contributed by atoms with Crippen LogP contribution in [0.5, 0.6) is 0 Å². The zero-order chi connectivity index (χ0) is 14.4. The van der Waals surface area contributed by atoms with Gasteiger partial charge in [-0.25, -0.2) is 0 Å². The minimum absolute atomic E-state index is 0.234. The smallest absolute Gasteiger partial charge is 0.167 e. The summed E-state index contributed by atoms with van der Waals surface area (Å²) in [4.78, 5) is 0. The van der Waals surface area contributed by atoms with E-state index in [1.807, 2.05) is 6.07 Å². The number of rotatable bonds is 4. The van der Waals surface area contributed by atoms with E-state index >= 15 is 0 Å². The van der Waals surface area contributed by atoms with Crippen LogP contribution >= 0.6 is 23.2 Å². The second kappa shape index (κ2) is 5.29. The van der Waals surface area contributed by atoms with Crippen LogP contribution in [0.25, 0.3) is 11.3 Å². The Labute approximate surface area is 131 Å². The molecule has 2 aromatic rings. The Kier molecular flexibility index (Phi) is 3.42. The minimum Gasteiger partial charge on any atom is -0.360 e. The van der Waals surface area contributed by atoms with Crippen LogP contribution in [-0.4, -0.2) is 18.2 Å². The van der Waals surface area contributed by atoms with Crippen molar-refractivity contribution in [3.05, 3.63) is 39.6 Å². The fraction of sp³-hybridized carbons (Fsp3) is 0.400. The molecule has 4 rings (SSSR count). The lowest BCUT2D eigenvalue weighted by Gasteiger charge is -2.26. The van der Waals surface area contributed by atoms with Crippen molar-refractivity contribution in [2.45, 2.75) is 31.5 Å². The average molecular weight is 326 g/mol. The number of nitrogens with zero attached hydrogens (tertiary/aromatic N) is 1. The Morgan fingerprint density at radius 2 is 1.86 bits per heavy atom. The lowest BCUT2D eigenvalue weighted by atomic mass is 10.0. The van der Waals surface area contributed by atoms with E-state index in [-0.39, 0.29) is 6.29 Å².